The van der Waals surface area contributed by atoms with Gasteiger partial charge in [-0.05, 0) is 55.3 Å². The lowest BCUT2D eigenvalue weighted by Crippen LogP contribution is -2.47. The first-order valence-corrected chi connectivity index (χ1v) is 9.66. The maximum atomic E-state index is 6.43. The molecule has 2 aromatic carbocycles. The second kappa shape index (κ2) is 6.48. The van der Waals surface area contributed by atoms with Crippen LogP contribution in [0.5, 0.6) is 5.75 Å². The van der Waals surface area contributed by atoms with Gasteiger partial charge in [-0.3, -0.25) is 0 Å². The molecule has 2 unspecified atom stereocenters. The van der Waals surface area contributed by atoms with E-state index >= 15 is 0 Å². The summed E-state index contributed by atoms with van der Waals surface area (Å²) >= 11 is 0. The number of piperidine rings is 1. The van der Waals surface area contributed by atoms with Gasteiger partial charge in [-0.1, -0.05) is 36.4 Å². The molecule has 2 aliphatic heterocycles. The van der Waals surface area contributed by atoms with E-state index in [1.807, 2.05) is 6.26 Å². The van der Waals surface area contributed by atoms with Crippen LogP contribution in [0.15, 0.2) is 65.5 Å². The molecule has 0 saturated carbocycles. The van der Waals surface area contributed by atoms with Gasteiger partial charge in [0.2, 0.25) is 0 Å². The molecule has 5 rings (SSSR count). The number of fused-ring (bicyclic) bond motifs is 3. The van der Waals surface area contributed by atoms with Gasteiger partial charge in [0.15, 0.2) is 0 Å². The van der Waals surface area contributed by atoms with Crippen LogP contribution >= 0.6 is 0 Å². The Hall–Kier alpha value is -2.26. The van der Waals surface area contributed by atoms with Crippen molar-refractivity contribution in [3.8, 4) is 5.75 Å². The minimum Gasteiger partial charge on any atom is -0.493 e. The number of hydrogen-bond acceptors (Lipinski definition) is 3. The number of rotatable bonds is 4. The molecule has 0 radical (unpaired) electrons. The fraction of sp³-hybridized carbons (Fsp3) is 0.391. The van der Waals surface area contributed by atoms with Gasteiger partial charge >= 0.3 is 0 Å². The zero-order valence-corrected chi connectivity index (χ0v) is 15.2. The predicted octanol–water partition coefficient (Wildman–Crippen LogP) is 5.08. The molecule has 2 fully saturated rings. The van der Waals surface area contributed by atoms with Crippen LogP contribution in [0.3, 0.4) is 0 Å². The highest BCUT2D eigenvalue weighted by atomic mass is 16.5. The summed E-state index contributed by atoms with van der Waals surface area (Å²) in [4.78, 5) is 2.59. The lowest BCUT2D eigenvalue weighted by atomic mass is 9.77. The average Bonchev–Trinajstić information content (AvgIpc) is 3.28. The van der Waals surface area contributed by atoms with Crippen LogP contribution in [-0.2, 0) is 0 Å². The van der Waals surface area contributed by atoms with E-state index in [0.29, 0.717) is 23.9 Å². The van der Waals surface area contributed by atoms with Crippen LogP contribution in [-0.4, -0.2) is 30.6 Å². The molecule has 2 saturated heterocycles. The van der Waals surface area contributed by atoms with Gasteiger partial charge in [-0.25, -0.2) is 0 Å². The summed E-state index contributed by atoms with van der Waals surface area (Å²) in [6, 6.07) is 18.2. The second-order valence-corrected chi connectivity index (χ2v) is 7.82. The van der Waals surface area contributed by atoms with Crippen molar-refractivity contribution in [2.75, 3.05) is 13.7 Å². The maximum Gasteiger partial charge on any atom is 0.127 e. The van der Waals surface area contributed by atoms with Gasteiger partial charge in [-0.2, -0.15) is 0 Å². The largest absolute Gasteiger partial charge is 0.493 e. The summed E-state index contributed by atoms with van der Waals surface area (Å²) in [6.45, 7) is 0.756. The van der Waals surface area contributed by atoms with E-state index in [1.165, 1.54) is 35.6 Å². The van der Waals surface area contributed by atoms with Crippen molar-refractivity contribution in [3.63, 3.8) is 0 Å². The summed E-state index contributed by atoms with van der Waals surface area (Å²) in [6.07, 6.45) is 7.52. The summed E-state index contributed by atoms with van der Waals surface area (Å²) < 4.78 is 11.8. The highest BCUT2D eigenvalue weighted by molar-refractivity contribution is 5.88. The number of hydrogen-bond donors (Lipinski definition) is 0. The molecule has 1 aromatic heterocycles. The van der Waals surface area contributed by atoms with Crippen LogP contribution in [0, 0.1) is 5.92 Å². The third-order valence-electron chi connectivity index (χ3n) is 6.58. The van der Waals surface area contributed by atoms with E-state index in [4.69, 9.17) is 9.15 Å². The first-order valence-electron chi connectivity index (χ1n) is 9.66. The van der Waals surface area contributed by atoms with Crippen LogP contribution < -0.4 is 4.74 Å². The van der Waals surface area contributed by atoms with E-state index in [-0.39, 0.29) is 0 Å². The first-order chi connectivity index (χ1) is 12.8. The number of nitrogens with zero attached hydrogens (tertiary/aromatic N) is 1. The van der Waals surface area contributed by atoms with Gasteiger partial charge in [0, 0.05) is 23.4 Å². The second-order valence-electron chi connectivity index (χ2n) is 7.82. The Morgan fingerprint density at radius 1 is 1.08 bits per heavy atom. The molecule has 2 aliphatic rings. The van der Waals surface area contributed by atoms with Crippen molar-refractivity contribution >= 4 is 10.8 Å². The quantitative estimate of drug-likeness (QED) is 0.658. The molecule has 0 N–H and O–H groups in total. The van der Waals surface area contributed by atoms with E-state index < -0.39 is 0 Å². The van der Waals surface area contributed by atoms with E-state index in [9.17, 15) is 0 Å². The van der Waals surface area contributed by atoms with Crippen molar-refractivity contribution < 1.29 is 9.15 Å². The molecular formula is C23H25NO2. The monoisotopic (exact) mass is 347 g/mol. The smallest absolute Gasteiger partial charge is 0.127 e. The molecule has 3 heterocycles. The van der Waals surface area contributed by atoms with Crippen molar-refractivity contribution in [2.45, 2.75) is 37.3 Å². The van der Waals surface area contributed by atoms with E-state index in [2.05, 4.69) is 60.5 Å². The predicted molar refractivity (Wildman–Crippen MR) is 104 cm³/mol. The van der Waals surface area contributed by atoms with E-state index in [0.717, 1.165) is 12.4 Å². The number of furan rings is 1. The molecule has 3 heteroatoms. The van der Waals surface area contributed by atoms with Crippen LogP contribution in [0.2, 0.25) is 0 Å². The zero-order chi connectivity index (χ0) is 17.5. The van der Waals surface area contributed by atoms with Crippen LogP contribution in [0.25, 0.3) is 10.8 Å². The summed E-state index contributed by atoms with van der Waals surface area (Å²) in [5, 5.41) is 2.43. The van der Waals surface area contributed by atoms with Crippen molar-refractivity contribution in [2.24, 2.45) is 5.92 Å². The molecule has 2 bridgehead atoms. The Labute approximate surface area is 154 Å². The van der Waals surface area contributed by atoms with Crippen LogP contribution in [0.1, 0.15) is 30.7 Å². The zero-order valence-electron chi connectivity index (χ0n) is 15.2. The summed E-state index contributed by atoms with van der Waals surface area (Å²) in [5.74, 6) is 2.02. The Bertz CT molecular complexity index is 883. The van der Waals surface area contributed by atoms with Crippen LogP contribution in [0.4, 0.5) is 0 Å². The van der Waals surface area contributed by atoms with Gasteiger partial charge in [0.05, 0.1) is 19.1 Å². The van der Waals surface area contributed by atoms with Crippen molar-refractivity contribution in [1.29, 1.82) is 0 Å². The van der Waals surface area contributed by atoms with Gasteiger partial charge in [0.25, 0.3) is 0 Å². The fourth-order valence-electron chi connectivity index (χ4n) is 5.18. The molecule has 0 amide bonds. The average molecular weight is 347 g/mol. The molecule has 4 atom stereocenters. The Morgan fingerprint density at radius 2 is 1.96 bits per heavy atom. The molecule has 26 heavy (non-hydrogen) atoms. The number of benzene rings is 2. The molecule has 3 aromatic rings. The third-order valence-corrected chi connectivity index (χ3v) is 6.58. The lowest BCUT2D eigenvalue weighted by molar-refractivity contribution is 0.0668. The lowest BCUT2D eigenvalue weighted by Gasteiger charge is -2.42. The molecule has 134 valence electrons. The highest BCUT2D eigenvalue weighted by Gasteiger charge is 2.46. The minimum atomic E-state index is 0.496. The van der Waals surface area contributed by atoms with Crippen molar-refractivity contribution in [1.82, 2.24) is 4.90 Å². The molecule has 0 spiro atoms. The molecule has 3 nitrogen and oxygen atoms in total. The summed E-state index contributed by atoms with van der Waals surface area (Å²) in [5.41, 5.74) is 1.33. The third kappa shape index (κ3) is 2.62. The first kappa shape index (κ1) is 16.0. The topological polar surface area (TPSA) is 25.6 Å². The SMILES string of the molecule is CN1C2CCC1[C@@H](COc1cccc3ccccc13)[C@H](c1ccoc1)C2. The fourth-order valence-corrected chi connectivity index (χ4v) is 5.18. The summed E-state index contributed by atoms with van der Waals surface area (Å²) in [7, 11) is 2.29. The standard InChI is InChI=1S/C23H25NO2/c1-24-18-9-10-22(24)21(20(13-18)17-11-12-25-14-17)15-26-23-8-4-6-16-5-2-3-7-19(16)23/h2-8,11-12,14,18,20-22H,9-10,13,15H2,1H3/t18?,20-,21-,22?/m0/s1. The molecule has 0 aliphatic carbocycles. The minimum absolute atomic E-state index is 0.496. The van der Waals surface area contributed by atoms with Gasteiger partial charge in [0.1, 0.15) is 5.75 Å². The van der Waals surface area contributed by atoms with Gasteiger partial charge < -0.3 is 14.1 Å². The van der Waals surface area contributed by atoms with E-state index in [1.54, 1.807) is 6.26 Å². The van der Waals surface area contributed by atoms with Crippen molar-refractivity contribution in [3.05, 3.63) is 66.6 Å². The highest BCUT2D eigenvalue weighted by Crippen LogP contribution is 2.46. The Balaban J connectivity index is 1.43. The normalized spacial score (nSPS) is 28.5. The van der Waals surface area contributed by atoms with Gasteiger partial charge in [-0.15, -0.1) is 0 Å². The Morgan fingerprint density at radius 3 is 2.85 bits per heavy atom. The Kier molecular flexibility index (Phi) is 3.97. The maximum absolute atomic E-state index is 6.43. The molecular weight excluding hydrogens is 322 g/mol. The number of ether oxygens (including phenoxy) is 1.